The zero-order valence-electron chi connectivity index (χ0n) is 4.15. The van der Waals surface area contributed by atoms with Crippen molar-refractivity contribution in [2.24, 2.45) is 0 Å². The zero-order chi connectivity index (χ0) is 5.98. The number of hydrogen-bond donors (Lipinski definition) is 0. The SMILES string of the molecule is O=[N+]([O-])C1C=C[N]C1. The van der Waals surface area contributed by atoms with E-state index in [0.717, 1.165) is 0 Å². The molecule has 1 radical (unpaired) electrons. The Kier molecular flexibility index (Phi) is 1.15. The minimum Gasteiger partial charge on any atom is -0.286 e. The second-order valence-corrected chi connectivity index (χ2v) is 1.56. The van der Waals surface area contributed by atoms with E-state index in [1.807, 2.05) is 0 Å². The van der Waals surface area contributed by atoms with Gasteiger partial charge in [0, 0.05) is 17.2 Å². The van der Waals surface area contributed by atoms with Gasteiger partial charge in [0.05, 0.1) is 0 Å². The lowest BCUT2D eigenvalue weighted by Gasteiger charge is -1.92. The second-order valence-electron chi connectivity index (χ2n) is 1.56. The first-order chi connectivity index (χ1) is 3.80. The molecule has 0 bridgehead atoms. The van der Waals surface area contributed by atoms with E-state index in [2.05, 4.69) is 5.32 Å². The van der Waals surface area contributed by atoms with Crippen LogP contribution in [0.5, 0.6) is 0 Å². The summed E-state index contributed by atoms with van der Waals surface area (Å²) in [5.74, 6) is 0. The van der Waals surface area contributed by atoms with Crippen LogP contribution in [-0.4, -0.2) is 17.5 Å². The molecule has 8 heavy (non-hydrogen) atoms. The van der Waals surface area contributed by atoms with E-state index in [1.165, 1.54) is 12.3 Å². The van der Waals surface area contributed by atoms with Crippen molar-refractivity contribution in [1.29, 1.82) is 0 Å². The first-order valence-corrected chi connectivity index (χ1v) is 2.27. The van der Waals surface area contributed by atoms with Gasteiger partial charge in [0.25, 0.3) is 6.04 Å². The van der Waals surface area contributed by atoms with Crippen molar-refractivity contribution in [3.63, 3.8) is 0 Å². The summed E-state index contributed by atoms with van der Waals surface area (Å²) in [4.78, 5) is 9.56. The van der Waals surface area contributed by atoms with Crippen molar-refractivity contribution in [3.8, 4) is 0 Å². The highest BCUT2D eigenvalue weighted by atomic mass is 16.6. The van der Waals surface area contributed by atoms with Crippen molar-refractivity contribution >= 4 is 0 Å². The van der Waals surface area contributed by atoms with Gasteiger partial charge in [-0.3, -0.25) is 15.4 Å². The Balaban J connectivity index is 2.48. The molecule has 0 aromatic carbocycles. The lowest BCUT2D eigenvalue weighted by atomic mass is 10.3. The standard InChI is InChI=1S/C4H5N2O2/c7-6(8)4-1-2-5-3-4/h1-2,4H,3H2. The molecule has 1 rings (SSSR count). The third kappa shape index (κ3) is 0.776. The van der Waals surface area contributed by atoms with Crippen LogP contribution in [-0.2, 0) is 0 Å². The van der Waals surface area contributed by atoms with E-state index in [0.29, 0.717) is 6.54 Å². The second kappa shape index (κ2) is 1.81. The fraction of sp³-hybridized carbons (Fsp3) is 0.500. The van der Waals surface area contributed by atoms with E-state index in [-0.39, 0.29) is 4.92 Å². The van der Waals surface area contributed by atoms with Crippen molar-refractivity contribution in [3.05, 3.63) is 22.4 Å². The molecule has 0 spiro atoms. The summed E-state index contributed by atoms with van der Waals surface area (Å²) >= 11 is 0. The van der Waals surface area contributed by atoms with Crippen LogP contribution in [0.3, 0.4) is 0 Å². The summed E-state index contributed by atoms with van der Waals surface area (Å²) < 4.78 is 0. The fourth-order valence-corrected chi connectivity index (χ4v) is 0.527. The van der Waals surface area contributed by atoms with Gasteiger partial charge in [-0.2, -0.15) is 0 Å². The molecule has 4 heteroatoms. The predicted octanol–water partition coefficient (Wildman–Crippen LogP) is -0.237. The number of rotatable bonds is 1. The molecule has 0 aromatic heterocycles. The molecule has 1 heterocycles. The average molecular weight is 113 g/mol. The number of nitro groups is 1. The fourth-order valence-electron chi connectivity index (χ4n) is 0.527. The molecule has 0 fully saturated rings. The van der Waals surface area contributed by atoms with Crippen molar-refractivity contribution in [2.75, 3.05) is 6.54 Å². The molecule has 4 nitrogen and oxygen atoms in total. The maximum atomic E-state index is 9.90. The van der Waals surface area contributed by atoms with Gasteiger partial charge in [0.1, 0.15) is 6.54 Å². The summed E-state index contributed by atoms with van der Waals surface area (Å²) in [6.45, 7) is 0.312. The maximum absolute atomic E-state index is 9.90. The molecule has 1 atom stereocenters. The van der Waals surface area contributed by atoms with E-state index >= 15 is 0 Å². The molecule has 0 aliphatic carbocycles. The Labute approximate surface area is 46.3 Å². The van der Waals surface area contributed by atoms with Crippen LogP contribution < -0.4 is 5.32 Å². The topological polar surface area (TPSA) is 57.2 Å². The normalized spacial score (nSPS) is 25.2. The number of nitrogens with zero attached hydrogens (tertiary/aromatic N) is 2. The predicted molar refractivity (Wildman–Crippen MR) is 26.9 cm³/mol. The van der Waals surface area contributed by atoms with Crippen LogP contribution in [0.2, 0.25) is 0 Å². The minimum atomic E-state index is -0.560. The van der Waals surface area contributed by atoms with Crippen LogP contribution in [0.25, 0.3) is 0 Å². The first kappa shape index (κ1) is 5.08. The van der Waals surface area contributed by atoms with Gasteiger partial charge >= 0.3 is 0 Å². The molecule has 0 aromatic rings. The van der Waals surface area contributed by atoms with Gasteiger partial charge in [-0.15, -0.1) is 0 Å². The average Bonchev–Trinajstić information content (AvgIpc) is 2.12. The monoisotopic (exact) mass is 113 g/mol. The molecule has 0 saturated heterocycles. The van der Waals surface area contributed by atoms with Gasteiger partial charge in [0.2, 0.25) is 0 Å². The van der Waals surface area contributed by atoms with Crippen molar-refractivity contribution in [1.82, 2.24) is 5.32 Å². The highest BCUT2D eigenvalue weighted by Crippen LogP contribution is 1.96. The molecule has 1 unspecified atom stereocenters. The molecule has 1 aliphatic heterocycles. The number of hydrogen-bond acceptors (Lipinski definition) is 2. The third-order valence-corrected chi connectivity index (χ3v) is 0.977. The summed E-state index contributed by atoms with van der Waals surface area (Å²) in [6, 6.07) is -0.560. The summed E-state index contributed by atoms with van der Waals surface area (Å²) in [6.07, 6.45) is 2.97. The minimum absolute atomic E-state index is 0.312. The Morgan fingerprint density at radius 2 is 2.62 bits per heavy atom. The summed E-state index contributed by atoms with van der Waals surface area (Å²) in [5, 5.41) is 13.6. The lowest BCUT2D eigenvalue weighted by Crippen LogP contribution is -2.19. The molecule has 1 aliphatic rings. The maximum Gasteiger partial charge on any atom is 0.252 e. The van der Waals surface area contributed by atoms with Gasteiger partial charge in [0.15, 0.2) is 0 Å². The Morgan fingerprint density at radius 3 is 2.88 bits per heavy atom. The van der Waals surface area contributed by atoms with Crippen LogP contribution in [0.4, 0.5) is 0 Å². The first-order valence-electron chi connectivity index (χ1n) is 2.27. The van der Waals surface area contributed by atoms with E-state index in [9.17, 15) is 10.1 Å². The zero-order valence-corrected chi connectivity index (χ0v) is 4.15. The molecule has 0 saturated carbocycles. The quantitative estimate of drug-likeness (QED) is 0.348. The molecular weight excluding hydrogens is 108 g/mol. The van der Waals surface area contributed by atoms with E-state index in [1.54, 1.807) is 0 Å². The Morgan fingerprint density at radius 1 is 1.88 bits per heavy atom. The van der Waals surface area contributed by atoms with Crippen LogP contribution in [0.1, 0.15) is 0 Å². The Bertz CT molecular complexity index is 132. The Hall–Kier alpha value is -1.06. The van der Waals surface area contributed by atoms with Crippen LogP contribution >= 0.6 is 0 Å². The van der Waals surface area contributed by atoms with Crippen molar-refractivity contribution < 1.29 is 4.92 Å². The van der Waals surface area contributed by atoms with Gasteiger partial charge in [-0.05, 0) is 0 Å². The summed E-state index contributed by atoms with van der Waals surface area (Å²) in [5.41, 5.74) is 0. The third-order valence-electron chi connectivity index (χ3n) is 0.977. The lowest BCUT2D eigenvalue weighted by molar-refractivity contribution is -0.505. The highest BCUT2D eigenvalue weighted by molar-refractivity contribution is 4.95. The smallest absolute Gasteiger partial charge is 0.252 e. The summed E-state index contributed by atoms with van der Waals surface area (Å²) in [7, 11) is 0. The molecule has 0 amide bonds. The van der Waals surface area contributed by atoms with Crippen LogP contribution in [0, 0.1) is 10.1 Å². The van der Waals surface area contributed by atoms with Crippen molar-refractivity contribution in [2.45, 2.75) is 6.04 Å². The van der Waals surface area contributed by atoms with Gasteiger partial charge in [-0.25, -0.2) is 0 Å². The van der Waals surface area contributed by atoms with E-state index in [4.69, 9.17) is 0 Å². The molecule has 43 valence electrons. The van der Waals surface area contributed by atoms with E-state index < -0.39 is 6.04 Å². The van der Waals surface area contributed by atoms with Crippen LogP contribution in [0.15, 0.2) is 12.3 Å². The highest BCUT2D eigenvalue weighted by Gasteiger charge is 2.19. The van der Waals surface area contributed by atoms with Gasteiger partial charge in [-0.1, -0.05) is 0 Å². The molecular formula is C4H5N2O2. The largest absolute Gasteiger partial charge is 0.286 e. The van der Waals surface area contributed by atoms with Gasteiger partial charge < -0.3 is 0 Å². The molecule has 0 N–H and O–H groups in total.